The molecule has 44 heavy (non-hydrogen) atoms. The van der Waals surface area contributed by atoms with Crippen LogP contribution in [0.25, 0.3) is 0 Å². The molecule has 12 heteroatoms. The highest BCUT2D eigenvalue weighted by Crippen LogP contribution is 2.49. The smallest absolute Gasteiger partial charge is 0.416 e. The van der Waals surface area contributed by atoms with Crippen molar-refractivity contribution in [2.24, 2.45) is 0 Å². The normalized spacial score (nSPS) is 26.8. The van der Waals surface area contributed by atoms with Gasteiger partial charge in [-0.3, -0.25) is 4.90 Å². The second-order valence-electron chi connectivity index (χ2n) is 12.3. The number of amides is 1. The predicted octanol–water partition coefficient (Wildman–Crippen LogP) is 7.80. The van der Waals surface area contributed by atoms with Gasteiger partial charge in [0.15, 0.2) is 17.2 Å². The minimum atomic E-state index is -5.05. The van der Waals surface area contributed by atoms with Crippen molar-refractivity contribution < 1.29 is 49.1 Å². The van der Waals surface area contributed by atoms with E-state index in [0.717, 1.165) is 54.0 Å². The van der Waals surface area contributed by atoms with E-state index < -0.39 is 58.9 Å². The lowest BCUT2D eigenvalue weighted by Crippen LogP contribution is -2.47. The van der Waals surface area contributed by atoms with Gasteiger partial charge in [0, 0.05) is 31.4 Å². The molecule has 0 aliphatic carbocycles. The lowest BCUT2D eigenvalue weighted by molar-refractivity contribution is -0.910. The molecule has 1 unspecified atom stereocenters. The van der Waals surface area contributed by atoms with E-state index in [1.54, 1.807) is 0 Å². The molecular formula is C32H29F8N2O2+. The summed E-state index contributed by atoms with van der Waals surface area (Å²) < 4.78 is 116. The van der Waals surface area contributed by atoms with Crippen LogP contribution in [-0.2, 0) is 34.7 Å². The maximum atomic E-state index is 14.4. The molecule has 3 fully saturated rings. The van der Waals surface area contributed by atoms with Gasteiger partial charge in [0.25, 0.3) is 0 Å². The fraction of sp³-hybridized carbons (Fsp3) is 0.406. The molecule has 3 saturated heterocycles. The number of nitrogens with zero attached hydrogens (tertiary/aromatic N) is 2. The average molecular weight is 626 g/mol. The summed E-state index contributed by atoms with van der Waals surface area (Å²) in [6.45, 7) is 2.24. The van der Waals surface area contributed by atoms with Crippen molar-refractivity contribution in [1.82, 2.24) is 4.90 Å². The van der Waals surface area contributed by atoms with Crippen LogP contribution in [0.1, 0.15) is 47.1 Å². The number of halogens is 8. The first kappa shape index (κ1) is 30.4. The van der Waals surface area contributed by atoms with Gasteiger partial charge in [0.2, 0.25) is 0 Å². The van der Waals surface area contributed by atoms with Crippen molar-refractivity contribution in [3.8, 4) is 0 Å². The number of piperidine rings is 1. The van der Waals surface area contributed by atoms with E-state index in [1.165, 1.54) is 11.6 Å². The number of cyclic esters (lactones) is 1. The van der Waals surface area contributed by atoms with Crippen LogP contribution in [-0.4, -0.2) is 48.2 Å². The first-order valence-electron chi connectivity index (χ1n) is 14.2. The Morgan fingerprint density at radius 3 is 2.02 bits per heavy atom. The molecule has 1 amide bonds. The van der Waals surface area contributed by atoms with Crippen LogP contribution in [0.5, 0.6) is 0 Å². The van der Waals surface area contributed by atoms with Crippen LogP contribution in [0.3, 0.4) is 0 Å². The Morgan fingerprint density at radius 1 is 0.795 bits per heavy atom. The van der Waals surface area contributed by atoms with E-state index in [0.29, 0.717) is 18.7 Å². The molecule has 234 valence electrons. The Labute approximate surface area is 248 Å². The monoisotopic (exact) mass is 625 g/mol. The SMILES string of the molecule is O=C1OC(CC[N+]23CCC(c4ccccc4)(CC2)C3)(c2ccc(F)c(F)c2)CN1Cc1cc(C(F)(F)F)cc(C(F)(F)F)c1. The number of carbonyl (C=O) groups is 1. The molecular weight excluding hydrogens is 596 g/mol. The fourth-order valence-electron chi connectivity index (χ4n) is 7.28. The summed E-state index contributed by atoms with van der Waals surface area (Å²) in [7, 11) is 0. The number of quaternary nitrogens is 1. The van der Waals surface area contributed by atoms with Crippen molar-refractivity contribution in [1.29, 1.82) is 0 Å². The first-order valence-corrected chi connectivity index (χ1v) is 14.2. The molecule has 0 aromatic heterocycles. The van der Waals surface area contributed by atoms with Crippen LogP contribution in [0.2, 0.25) is 0 Å². The van der Waals surface area contributed by atoms with Gasteiger partial charge in [-0.25, -0.2) is 13.6 Å². The zero-order chi connectivity index (χ0) is 31.5. The highest BCUT2D eigenvalue weighted by molar-refractivity contribution is 5.71. The third-order valence-corrected chi connectivity index (χ3v) is 9.60. The highest BCUT2D eigenvalue weighted by Gasteiger charge is 2.57. The Hall–Kier alpha value is -3.67. The van der Waals surface area contributed by atoms with Crippen molar-refractivity contribution in [2.75, 3.05) is 32.7 Å². The maximum Gasteiger partial charge on any atom is 0.416 e. The third kappa shape index (κ3) is 5.52. The molecule has 0 radical (unpaired) electrons. The third-order valence-electron chi connectivity index (χ3n) is 9.60. The average Bonchev–Trinajstić information content (AvgIpc) is 3.64. The zero-order valence-corrected chi connectivity index (χ0v) is 23.4. The van der Waals surface area contributed by atoms with Gasteiger partial charge in [-0.1, -0.05) is 36.4 Å². The number of fused-ring (bicyclic) bond motifs is 2. The summed E-state index contributed by atoms with van der Waals surface area (Å²) >= 11 is 0. The molecule has 2 bridgehead atoms. The van der Waals surface area contributed by atoms with Crippen LogP contribution in [0, 0.1) is 11.6 Å². The summed E-state index contributed by atoms with van der Waals surface area (Å²) in [5.74, 6) is -2.27. The number of hydrogen-bond acceptors (Lipinski definition) is 2. The molecule has 3 heterocycles. The van der Waals surface area contributed by atoms with Crippen molar-refractivity contribution in [2.45, 2.75) is 49.2 Å². The number of hydrogen-bond donors (Lipinski definition) is 0. The van der Waals surface area contributed by atoms with E-state index >= 15 is 0 Å². The summed E-state index contributed by atoms with van der Waals surface area (Å²) in [6.07, 6.45) is -8.96. The van der Waals surface area contributed by atoms with E-state index in [2.05, 4.69) is 12.1 Å². The molecule has 0 N–H and O–H groups in total. The number of ether oxygens (including phenoxy) is 1. The molecule has 3 aliphatic rings. The molecule has 3 aromatic rings. The largest absolute Gasteiger partial charge is 0.436 e. The predicted molar refractivity (Wildman–Crippen MR) is 143 cm³/mol. The summed E-state index contributed by atoms with van der Waals surface area (Å²) in [6, 6.07) is 14.5. The highest BCUT2D eigenvalue weighted by atomic mass is 19.4. The Balaban J connectivity index is 1.29. The first-order chi connectivity index (χ1) is 20.6. The number of carbonyl (C=O) groups excluding carboxylic acids is 1. The number of alkyl halides is 6. The van der Waals surface area contributed by atoms with Crippen LogP contribution in [0.15, 0.2) is 66.7 Å². The minimum Gasteiger partial charge on any atom is -0.436 e. The second kappa shape index (κ2) is 10.5. The van der Waals surface area contributed by atoms with Gasteiger partial charge in [0.1, 0.15) is 0 Å². The van der Waals surface area contributed by atoms with Gasteiger partial charge in [0.05, 0.1) is 49.3 Å². The molecule has 4 nitrogen and oxygen atoms in total. The molecule has 3 aromatic carbocycles. The van der Waals surface area contributed by atoms with Crippen molar-refractivity contribution >= 4 is 6.09 Å². The van der Waals surface area contributed by atoms with E-state index in [1.807, 2.05) is 18.2 Å². The standard InChI is InChI=1S/C32H29F8N2O2/c33-26-7-6-23(17-27(26)34)30(10-13-42-11-8-29(20-42,9-12-42)22-4-2-1-3-5-22)19-41(28(43)44-30)18-21-14-24(31(35,36)37)16-25(15-21)32(38,39)40/h1-7,14-17H,8-13,18-20H2/q+1. The molecule has 6 rings (SSSR count). The van der Waals surface area contributed by atoms with E-state index in [9.17, 15) is 39.9 Å². The van der Waals surface area contributed by atoms with E-state index in [4.69, 9.17) is 4.74 Å². The van der Waals surface area contributed by atoms with Crippen molar-refractivity contribution in [3.05, 3.63) is 106 Å². The molecule has 1 atom stereocenters. The summed E-state index contributed by atoms with van der Waals surface area (Å²) in [5.41, 5.74) is -3.45. The molecule has 0 saturated carbocycles. The molecule has 0 spiro atoms. The minimum absolute atomic E-state index is 0.00842. The van der Waals surface area contributed by atoms with Gasteiger partial charge in [-0.15, -0.1) is 0 Å². The number of rotatable bonds is 7. The quantitative estimate of drug-likeness (QED) is 0.198. The van der Waals surface area contributed by atoms with Crippen LogP contribution >= 0.6 is 0 Å². The van der Waals surface area contributed by atoms with Crippen molar-refractivity contribution in [3.63, 3.8) is 0 Å². The van der Waals surface area contributed by atoms with E-state index in [-0.39, 0.29) is 30.0 Å². The van der Waals surface area contributed by atoms with Crippen LogP contribution < -0.4 is 0 Å². The lowest BCUT2D eigenvalue weighted by atomic mass is 9.78. The van der Waals surface area contributed by atoms with Gasteiger partial charge >= 0.3 is 18.4 Å². The Kier molecular flexibility index (Phi) is 7.22. The fourth-order valence-corrected chi connectivity index (χ4v) is 7.28. The number of benzene rings is 3. The Bertz CT molecular complexity index is 1530. The van der Waals surface area contributed by atoms with Gasteiger partial charge in [-0.05, 0) is 41.5 Å². The maximum absolute atomic E-state index is 14.4. The van der Waals surface area contributed by atoms with Crippen LogP contribution in [0.4, 0.5) is 39.9 Å². The van der Waals surface area contributed by atoms with Gasteiger partial charge in [-0.2, -0.15) is 26.3 Å². The lowest BCUT2D eigenvalue weighted by Gasteiger charge is -2.36. The second-order valence-corrected chi connectivity index (χ2v) is 12.3. The summed E-state index contributed by atoms with van der Waals surface area (Å²) in [4.78, 5) is 14.2. The zero-order valence-electron chi connectivity index (χ0n) is 23.4. The van der Waals surface area contributed by atoms with Gasteiger partial charge < -0.3 is 9.22 Å². The summed E-state index contributed by atoms with van der Waals surface area (Å²) in [5, 5.41) is 0. The molecule has 3 aliphatic heterocycles. The Morgan fingerprint density at radius 2 is 1.43 bits per heavy atom. The topological polar surface area (TPSA) is 29.5 Å².